The van der Waals surface area contributed by atoms with E-state index in [0.29, 0.717) is 23.2 Å². The summed E-state index contributed by atoms with van der Waals surface area (Å²) >= 11 is 0. The van der Waals surface area contributed by atoms with Crippen molar-refractivity contribution in [2.24, 2.45) is 0 Å². The molecule has 1 aromatic heterocycles. The van der Waals surface area contributed by atoms with E-state index in [4.69, 9.17) is 4.42 Å². The first-order valence-corrected chi connectivity index (χ1v) is 5.47. The number of benzene rings is 1. The van der Waals surface area contributed by atoms with E-state index in [-0.39, 0.29) is 0 Å². The van der Waals surface area contributed by atoms with Crippen LogP contribution >= 0.6 is 0 Å². The Hall–Kier alpha value is -2.08. The molecule has 2 N–H and O–H groups in total. The van der Waals surface area contributed by atoms with Crippen molar-refractivity contribution in [3.8, 4) is 0 Å². The molecule has 0 spiro atoms. The van der Waals surface area contributed by atoms with Gasteiger partial charge >= 0.3 is 11.7 Å². The molecular weight excluding hydrogens is 236 g/mol. The van der Waals surface area contributed by atoms with Gasteiger partial charge in [0, 0.05) is 6.54 Å². The zero-order valence-electron chi connectivity index (χ0n) is 10.1. The Morgan fingerprint density at radius 2 is 2.22 bits per heavy atom. The van der Waals surface area contributed by atoms with E-state index in [1.54, 1.807) is 23.1 Å². The van der Waals surface area contributed by atoms with Gasteiger partial charge in [-0.3, -0.25) is 9.78 Å². The van der Waals surface area contributed by atoms with E-state index in [1.807, 2.05) is 14.1 Å². The second-order valence-electron chi connectivity index (χ2n) is 4.42. The molecule has 96 valence electrons. The lowest BCUT2D eigenvalue weighted by Crippen LogP contribution is -2.25. The molecule has 1 atom stereocenters. The number of nitrogens with one attached hydrogen (secondary N) is 1. The van der Waals surface area contributed by atoms with Crippen molar-refractivity contribution >= 4 is 17.1 Å². The van der Waals surface area contributed by atoms with E-state index >= 15 is 0 Å². The molecule has 0 amide bonds. The summed E-state index contributed by atoms with van der Waals surface area (Å²) in [7, 11) is 3.63. The van der Waals surface area contributed by atoms with Crippen molar-refractivity contribution < 1.29 is 14.3 Å². The Balaban J connectivity index is 2.43. The summed E-state index contributed by atoms with van der Waals surface area (Å²) in [6.45, 7) is 0.392. The third-order valence-corrected chi connectivity index (χ3v) is 2.69. The fourth-order valence-corrected chi connectivity index (χ4v) is 1.88. The van der Waals surface area contributed by atoms with Crippen LogP contribution in [0.5, 0.6) is 0 Å². The predicted octanol–water partition coefficient (Wildman–Crippen LogP) is 0.851. The molecule has 0 bridgehead atoms. The zero-order valence-corrected chi connectivity index (χ0v) is 10.1. The van der Waals surface area contributed by atoms with Gasteiger partial charge in [0.2, 0.25) is 0 Å². The van der Waals surface area contributed by atoms with Crippen LogP contribution in [0.2, 0.25) is 0 Å². The Kier molecular flexibility index (Phi) is 3.20. The number of carbonyl (C=O) groups is 1. The smallest absolute Gasteiger partial charge is 0.417 e. The van der Waals surface area contributed by atoms with Crippen molar-refractivity contribution in [3.05, 3.63) is 34.3 Å². The Labute approximate surface area is 103 Å². The van der Waals surface area contributed by atoms with Crippen LogP contribution in [-0.4, -0.2) is 41.6 Å². The van der Waals surface area contributed by atoms with Crippen molar-refractivity contribution in [1.82, 2.24) is 9.88 Å². The standard InChI is InChI=1S/C12H14N2O4/c1-14(2)6-8(11(15)16)7-3-4-10-9(5-7)13-12(17)18-10/h3-5,8H,6H2,1-2H3,(H,13,17)(H,15,16). The number of hydrogen-bond acceptors (Lipinski definition) is 4. The fraction of sp³-hybridized carbons (Fsp3) is 0.333. The molecule has 2 rings (SSSR count). The summed E-state index contributed by atoms with van der Waals surface area (Å²) in [5.74, 6) is -2.07. The van der Waals surface area contributed by atoms with Crippen LogP contribution in [0.15, 0.2) is 27.4 Å². The van der Waals surface area contributed by atoms with Crippen molar-refractivity contribution in [2.75, 3.05) is 20.6 Å². The van der Waals surface area contributed by atoms with Gasteiger partial charge < -0.3 is 14.4 Å². The van der Waals surface area contributed by atoms with Crippen LogP contribution in [0.25, 0.3) is 11.1 Å². The SMILES string of the molecule is CN(C)CC(C(=O)O)c1ccc2oc(=O)[nH]c2c1. The Morgan fingerprint density at radius 1 is 1.50 bits per heavy atom. The number of carboxylic acids is 1. The average Bonchev–Trinajstić information content (AvgIpc) is 2.64. The molecule has 1 aromatic carbocycles. The van der Waals surface area contributed by atoms with Gasteiger partial charge in [-0.05, 0) is 31.8 Å². The minimum absolute atomic E-state index is 0.392. The number of carboxylic acid groups (broad SMARTS) is 1. The average molecular weight is 250 g/mol. The fourth-order valence-electron chi connectivity index (χ4n) is 1.88. The quantitative estimate of drug-likeness (QED) is 0.840. The van der Waals surface area contributed by atoms with Crippen LogP contribution in [-0.2, 0) is 4.79 Å². The maximum Gasteiger partial charge on any atom is 0.417 e. The van der Waals surface area contributed by atoms with Gasteiger partial charge in [0.05, 0.1) is 11.4 Å². The van der Waals surface area contributed by atoms with Crippen LogP contribution in [0.4, 0.5) is 0 Å². The number of aromatic amines is 1. The van der Waals surface area contributed by atoms with Crippen molar-refractivity contribution in [2.45, 2.75) is 5.92 Å². The summed E-state index contributed by atoms with van der Waals surface area (Å²) in [6, 6.07) is 4.91. The molecule has 6 heteroatoms. The first-order chi connectivity index (χ1) is 8.47. The minimum atomic E-state index is -0.895. The molecular formula is C12H14N2O4. The number of H-pyrrole nitrogens is 1. The number of aliphatic carboxylic acids is 1. The van der Waals surface area contributed by atoms with E-state index in [9.17, 15) is 14.7 Å². The van der Waals surface area contributed by atoms with Gasteiger partial charge in [-0.1, -0.05) is 6.07 Å². The summed E-state index contributed by atoms with van der Waals surface area (Å²) in [4.78, 5) is 26.6. The number of nitrogens with zero attached hydrogens (tertiary/aromatic N) is 1. The summed E-state index contributed by atoms with van der Waals surface area (Å²) in [5, 5.41) is 9.23. The highest BCUT2D eigenvalue weighted by atomic mass is 16.4. The molecule has 6 nitrogen and oxygen atoms in total. The molecule has 0 radical (unpaired) electrons. The number of fused-ring (bicyclic) bond motifs is 1. The molecule has 0 aliphatic rings. The number of rotatable bonds is 4. The highest BCUT2D eigenvalue weighted by molar-refractivity contribution is 5.80. The molecule has 1 heterocycles. The first kappa shape index (κ1) is 12.4. The monoisotopic (exact) mass is 250 g/mol. The molecule has 0 fully saturated rings. The van der Waals surface area contributed by atoms with E-state index < -0.39 is 17.6 Å². The molecule has 0 saturated heterocycles. The summed E-state index contributed by atoms with van der Waals surface area (Å²) in [6.07, 6.45) is 0. The van der Waals surface area contributed by atoms with E-state index in [1.165, 1.54) is 0 Å². The number of aromatic nitrogens is 1. The van der Waals surface area contributed by atoms with Gasteiger partial charge in [-0.2, -0.15) is 0 Å². The largest absolute Gasteiger partial charge is 0.481 e. The molecule has 0 saturated carbocycles. The molecule has 1 unspecified atom stereocenters. The second kappa shape index (κ2) is 4.66. The lowest BCUT2D eigenvalue weighted by atomic mass is 9.98. The molecule has 0 aliphatic carbocycles. The van der Waals surface area contributed by atoms with Crippen molar-refractivity contribution in [1.29, 1.82) is 0 Å². The first-order valence-electron chi connectivity index (χ1n) is 5.47. The molecule has 18 heavy (non-hydrogen) atoms. The maximum atomic E-state index is 11.3. The van der Waals surface area contributed by atoms with Gasteiger partial charge in [0.25, 0.3) is 0 Å². The lowest BCUT2D eigenvalue weighted by molar-refractivity contribution is -0.139. The normalized spacial score (nSPS) is 13.1. The second-order valence-corrected chi connectivity index (χ2v) is 4.42. The summed E-state index contributed by atoms with van der Waals surface area (Å²) in [5.41, 5.74) is 1.58. The van der Waals surface area contributed by atoms with Crippen LogP contribution < -0.4 is 5.76 Å². The third-order valence-electron chi connectivity index (χ3n) is 2.69. The lowest BCUT2D eigenvalue weighted by Gasteiger charge is -2.17. The van der Waals surface area contributed by atoms with Gasteiger partial charge in [0.15, 0.2) is 5.58 Å². The van der Waals surface area contributed by atoms with Crippen LogP contribution in [0.3, 0.4) is 0 Å². The zero-order chi connectivity index (χ0) is 13.3. The number of hydrogen-bond donors (Lipinski definition) is 2. The van der Waals surface area contributed by atoms with Crippen molar-refractivity contribution in [3.63, 3.8) is 0 Å². The topological polar surface area (TPSA) is 86.5 Å². The number of oxazole rings is 1. The maximum absolute atomic E-state index is 11.3. The van der Waals surface area contributed by atoms with E-state index in [2.05, 4.69) is 4.98 Å². The van der Waals surface area contributed by atoms with Gasteiger partial charge in [-0.25, -0.2) is 4.79 Å². The summed E-state index contributed by atoms with van der Waals surface area (Å²) < 4.78 is 4.88. The predicted molar refractivity (Wildman–Crippen MR) is 65.8 cm³/mol. The van der Waals surface area contributed by atoms with Gasteiger partial charge in [0.1, 0.15) is 0 Å². The van der Waals surface area contributed by atoms with E-state index in [0.717, 1.165) is 0 Å². The van der Waals surface area contributed by atoms with Gasteiger partial charge in [-0.15, -0.1) is 0 Å². The Morgan fingerprint density at radius 3 is 2.83 bits per heavy atom. The number of likely N-dealkylation sites (N-methyl/N-ethyl adjacent to an activating group) is 1. The highest BCUT2D eigenvalue weighted by Crippen LogP contribution is 2.21. The minimum Gasteiger partial charge on any atom is -0.481 e. The Bertz CT molecular complexity index is 626. The molecule has 2 aromatic rings. The molecule has 0 aliphatic heterocycles. The highest BCUT2D eigenvalue weighted by Gasteiger charge is 2.21. The third kappa shape index (κ3) is 2.43. The van der Waals surface area contributed by atoms with Crippen LogP contribution in [0, 0.1) is 0 Å². The van der Waals surface area contributed by atoms with Crippen LogP contribution in [0.1, 0.15) is 11.5 Å².